The minimum absolute atomic E-state index is 0.0835. The van der Waals surface area contributed by atoms with E-state index in [4.69, 9.17) is 4.74 Å². The summed E-state index contributed by atoms with van der Waals surface area (Å²) in [5.74, 6) is -0.418. The Morgan fingerprint density at radius 1 is 1.44 bits per heavy atom. The van der Waals surface area contributed by atoms with Crippen molar-refractivity contribution in [2.24, 2.45) is 0 Å². The Kier molecular flexibility index (Phi) is 3.01. The summed E-state index contributed by atoms with van der Waals surface area (Å²) in [5, 5.41) is 2.72. The molecular formula is C12H13NO3. The van der Waals surface area contributed by atoms with Crippen LogP contribution in [0.25, 0.3) is 0 Å². The van der Waals surface area contributed by atoms with Crippen molar-refractivity contribution in [2.75, 3.05) is 11.9 Å². The first-order valence-electron chi connectivity index (χ1n) is 5.16. The zero-order valence-electron chi connectivity index (χ0n) is 9.03. The van der Waals surface area contributed by atoms with Crippen LogP contribution in [0.2, 0.25) is 0 Å². The van der Waals surface area contributed by atoms with Gasteiger partial charge in [-0.15, -0.1) is 0 Å². The number of carbonyl (C=O) groups is 2. The second kappa shape index (κ2) is 4.45. The number of anilines is 1. The lowest BCUT2D eigenvalue weighted by molar-refractivity contribution is -0.124. The monoisotopic (exact) mass is 219 g/mol. The molecule has 1 heterocycles. The van der Waals surface area contributed by atoms with E-state index in [0.717, 1.165) is 11.3 Å². The molecule has 4 nitrogen and oxygen atoms in total. The average Bonchev–Trinajstić information content (AvgIpc) is 3.00. The molecule has 1 fully saturated rings. The first-order chi connectivity index (χ1) is 7.66. The molecule has 0 radical (unpaired) electrons. The highest BCUT2D eigenvalue weighted by molar-refractivity contribution is 6.03. The maximum absolute atomic E-state index is 11.4. The van der Waals surface area contributed by atoms with Crippen LogP contribution in [0.5, 0.6) is 0 Å². The van der Waals surface area contributed by atoms with Gasteiger partial charge in [0.05, 0.1) is 13.0 Å². The molecule has 0 aliphatic carbocycles. The smallest absolute Gasteiger partial charge is 0.231 e. The third-order valence-corrected chi connectivity index (χ3v) is 2.32. The van der Waals surface area contributed by atoms with E-state index in [2.05, 4.69) is 5.32 Å². The number of ether oxygens (including phenoxy) is 1. The standard InChI is InChI=1S/C12H13NO3/c1-8(14)6-12(15)13-10-5-3-2-4-9(10)11-7-16-11/h2-5,11H,6-7H2,1H3,(H,13,15). The van der Waals surface area contributed by atoms with E-state index in [1.807, 2.05) is 24.3 Å². The van der Waals surface area contributed by atoms with Crippen molar-refractivity contribution in [3.8, 4) is 0 Å². The van der Waals surface area contributed by atoms with Gasteiger partial charge >= 0.3 is 0 Å². The van der Waals surface area contributed by atoms with Gasteiger partial charge in [0.1, 0.15) is 11.9 Å². The Morgan fingerprint density at radius 2 is 2.12 bits per heavy atom. The van der Waals surface area contributed by atoms with E-state index in [0.29, 0.717) is 6.61 Å². The number of carbonyl (C=O) groups excluding carboxylic acids is 2. The van der Waals surface area contributed by atoms with E-state index in [-0.39, 0.29) is 24.2 Å². The zero-order chi connectivity index (χ0) is 11.5. The summed E-state index contributed by atoms with van der Waals surface area (Å²) in [6, 6.07) is 7.48. The lowest BCUT2D eigenvalue weighted by atomic mass is 10.1. The van der Waals surface area contributed by atoms with Crippen LogP contribution in [0.15, 0.2) is 24.3 Å². The maximum atomic E-state index is 11.4. The number of hydrogen-bond donors (Lipinski definition) is 1. The van der Waals surface area contributed by atoms with Crippen LogP contribution < -0.4 is 5.32 Å². The molecule has 1 atom stereocenters. The minimum Gasteiger partial charge on any atom is -0.368 e. The normalized spacial score (nSPS) is 17.9. The van der Waals surface area contributed by atoms with Crippen molar-refractivity contribution in [2.45, 2.75) is 19.4 Å². The Bertz CT molecular complexity index is 424. The maximum Gasteiger partial charge on any atom is 0.231 e. The van der Waals surface area contributed by atoms with Crippen LogP contribution in [0.3, 0.4) is 0 Å². The predicted octanol–water partition coefficient (Wildman–Crippen LogP) is 1.68. The van der Waals surface area contributed by atoms with Gasteiger partial charge in [-0.2, -0.15) is 0 Å². The second-order valence-corrected chi connectivity index (χ2v) is 3.84. The van der Waals surface area contributed by atoms with Crippen LogP contribution in [0.1, 0.15) is 25.0 Å². The summed E-state index contributed by atoms with van der Waals surface area (Å²) in [5.41, 5.74) is 1.70. The average molecular weight is 219 g/mol. The number of benzene rings is 1. The summed E-state index contributed by atoms with van der Waals surface area (Å²) < 4.78 is 5.18. The Hall–Kier alpha value is -1.68. The molecular weight excluding hydrogens is 206 g/mol. The van der Waals surface area contributed by atoms with Crippen LogP contribution in [-0.4, -0.2) is 18.3 Å². The van der Waals surface area contributed by atoms with Gasteiger partial charge in [0, 0.05) is 11.3 Å². The fraction of sp³-hybridized carbons (Fsp3) is 0.333. The van der Waals surface area contributed by atoms with Gasteiger partial charge in [-0.25, -0.2) is 0 Å². The number of hydrogen-bond acceptors (Lipinski definition) is 3. The van der Waals surface area contributed by atoms with Crippen molar-refractivity contribution in [3.63, 3.8) is 0 Å². The molecule has 0 saturated carbocycles. The second-order valence-electron chi connectivity index (χ2n) is 3.84. The Labute approximate surface area is 93.6 Å². The van der Waals surface area contributed by atoms with Crippen LogP contribution >= 0.6 is 0 Å². The Balaban J connectivity index is 2.08. The molecule has 1 N–H and O–H groups in total. The van der Waals surface area contributed by atoms with E-state index in [9.17, 15) is 9.59 Å². The summed E-state index contributed by atoms with van der Waals surface area (Å²) in [7, 11) is 0. The highest BCUT2D eigenvalue weighted by Crippen LogP contribution is 2.34. The minimum atomic E-state index is -0.277. The molecule has 4 heteroatoms. The molecule has 1 aliphatic rings. The third-order valence-electron chi connectivity index (χ3n) is 2.32. The summed E-state index contributed by atoms with van der Waals surface area (Å²) in [4.78, 5) is 22.2. The molecule has 1 aromatic carbocycles. The zero-order valence-corrected chi connectivity index (χ0v) is 9.03. The van der Waals surface area contributed by atoms with E-state index in [1.165, 1.54) is 6.92 Å². The van der Waals surface area contributed by atoms with Gasteiger partial charge in [0.2, 0.25) is 5.91 Å². The first-order valence-corrected chi connectivity index (χ1v) is 5.16. The van der Waals surface area contributed by atoms with Crippen molar-refractivity contribution in [1.29, 1.82) is 0 Å². The summed E-state index contributed by atoms with van der Waals surface area (Å²) >= 11 is 0. The number of ketones is 1. The molecule has 1 aliphatic heterocycles. The van der Waals surface area contributed by atoms with E-state index < -0.39 is 0 Å². The quantitative estimate of drug-likeness (QED) is 0.619. The number of Topliss-reactive ketones (excluding diaryl/α,β-unsaturated/α-hetero) is 1. The third kappa shape index (κ3) is 2.67. The number of para-hydroxylation sites is 1. The Morgan fingerprint density at radius 3 is 2.75 bits per heavy atom. The molecule has 0 aromatic heterocycles. The van der Waals surface area contributed by atoms with Crippen molar-refractivity contribution < 1.29 is 14.3 Å². The van der Waals surface area contributed by atoms with Crippen molar-refractivity contribution in [3.05, 3.63) is 29.8 Å². The fourth-order valence-corrected chi connectivity index (χ4v) is 1.54. The van der Waals surface area contributed by atoms with Gasteiger partial charge in [-0.1, -0.05) is 18.2 Å². The first kappa shape index (κ1) is 10.8. The van der Waals surface area contributed by atoms with Gasteiger partial charge in [-0.05, 0) is 13.0 Å². The number of epoxide rings is 1. The van der Waals surface area contributed by atoms with Crippen LogP contribution in [0.4, 0.5) is 5.69 Å². The highest BCUT2D eigenvalue weighted by Gasteiger charge is 2.27. The van der Waals surface area contributed by atoms with Gasteiger partial charge in [0.25, 0.3) is 0 Å². The SMILES string of the molecule is CC(=O)CC(=O)Nc1ccccc1C1CO1. The lowest BCUT2D eigenvalue weighted by Gasteiger charge is -2.08. The van der Waals surface area contributed by atoms with Crippen molar-refractivity contribution >= 4 is 17.4 Å². The highest BCUT2D eigenvalue weighted by atomic mass is 16.6. The molecule has 84 valence electrons. The topological polar surface area (TPSA) is 58.7 Å². The van der Waals surface area contributed by atoms with Gasteiger partial charge < -0.3 is 10.1 Å². The number of nitrogens with one attached hydrogen (secondary N) is 1. The van der Waals surface area contributed by atoms with Crippen molar-refractivity contribution in [1.82, 2.24) is 0 Å². The number of amides is 1. The van der Waals surface area contributed by atoms with E-state index >= 15 is 0 Å². The summed E-state index contributed by atoms with van der Waals surface area (Å²) in [6.45, 7) is 2.09. The molecule has 0 spiro atoms. The van der Waals surface area contributed by atoms with E-state index in [1.54, 1.807) is 0 Å². The fourth-order valence-electron chi connectivity index (χ4n) is 1.54. The van der Waals surface area contributed by atoms with Gasteiger partial charge in [0.15, 0.2) is 0 Å². The molecule has 1 aromatic rings. The lowest BCUT2D eigenvalue weighted by Crippen LogP contribution is -2.15. The van der Waals surface area contributed by atoms with Crippen LogP contribution in [-0.2, 0) is 14.3 Å². The molecule has 1 saturated heterocycles. The van der Waals surface area contributed by atoms with Crippen LogP contribution in [0, 0.1) is 0 Å². The molecule has 0 bridgehead atoms. The molecule has 1 amide bonds. The largest absolute Gasteiger partial charge is 0.368 e. The predicted molar refractivity (Wildman–Crippen MR) is 59.1 cm³/mol. The molecule has 2 rings (SSSR count). The summed E-state index contributed by atoms with van der Waals surface area (Å²) in [6.07, 6.45) is 0.00803. The molecule has 1 unspecified atom stereocenters. The number of rotatable bonds is 4. The van der Waals surface area contributed by atoms with Gasteiger partial charge in [-0.3, -0.25) is 9.59 Å². The molecule has 16 heavy (non-hydrogen) atoms.